The molecule has 3 nitrogen and oxygen atoms in total. The van der Waals surface area contributed by atoms with Crippen LogP contribution in [0.15, 0.2) is 42.5 Å². The van der Waals surface area contributed by atoms with Crippen LogP contribution in [0.3, 0.4) is 0 Å². The molecule has 0 aliphatic carbocycles. The van der Waals surface area contributed by atoms with Gasteiger partial charge in [-0.15, -0.1) is 0 Å². The van der Waals surface area contributed by atoms with E-state index in [-0.39, 0.29) is 5.91 Å². The molecule has 2 aromatic rings. The average molecular weight is 293 g/mol. The van der Waals surface area contributed by atoms with E-state index in [1.165, 1.54) is 5.56 Å². The highest BCUT2D eigenvalue weighted by molar-refractivity contribution is 6.35. The van der Waals surface area contributed by atoms with Gasteiger partial charge in [-0.1, -0.05) is 38.1 Å². The number of ether oxygens (including phenoxy) is 1. The number of hydrogen-bond acceptors (Lipinski definition) is 2. The minimum Gasteiger partial charge on any atom is -0.496 e. The van der Waals surface area contributed by atoms with Gasteiger partial charge in [0.1, 0.15) is 5.75 Å². The predicted octanol–water partition coefficient (Wildman–Crippen LogP) is 4.31. The number of carbonyl (C=O) groups excluding carboxylic acids is 1. The SMILES string of the molecule is COc1ccc(C(C)C)cc1/C=C1/C(=O)Nc2ccccc21. The Labute approximate surface area is 130 Å². The number of fused-ring (bicyclic) bond motifs is 1. The molecule has 0 fully saturated rings. The van der Waals surface area contributed by atoms with Crippen molar-refractivity contribution >= 4 is 23.2 Å². The quantitative estimate of drug-likeness (QED) is 0.856. The van der Waals surface area contributed by atoms with Gasteiger partial charge in [-0.05, 0) is 35.8 Å². The summed E-state index contributed by atoms with van der Waals surface area (Å²) in [5.41, 5.74) is 4.62. The predicted molar refractivity (Wildman–Crippen MR) is 90.0 cm³/mol. The Kier molecular flexibility index (Phi) is 3.72. The lowest BCUT2D eigenvalue weighted by Gasteiger charge is -2.11. The number of carbonyl (C=O) groups is 1. The zero-order chi connectivity index (χ0) is 15.7. The van der Waals surface area contributed by atoms with Crippen LogP contribution in [-0.2, 0) is 4.79 Å². The highest BCUT2D eigenvalue weighted by Crippen LogP contribution is 2.35. The average Bonchev–Trinajstić information content (AvgIpc) is 2.83. The molecule has 22 heavy (non-hydrogen) atoms. The van der Waals surface area contributed by atoms with Gasteiger partial charge in [0, 0.05) is 22.4 Å². The molecule has 112 valence electrons. The minimum absolute atomic E-state index is 0.0711. The van der Waals surface area contributed by atoms with E-state index in [2.05, 4.69) is 31.3 Å². The Morgan fingerprint density at radius 1 is 1.14 bits per heavy atom. The Morgan fingerprint density at radius 2 is 1.91 bits per heavy atom. The van der Waals surface area contributed by atoms with Crippen molar-refractivity contribution < 1.29 is 9.53 Å². The van der Waals surface area contributed by atoms with E-state index in [0.29, 0.717) is 11.5 Å². The number of para-hydroxylation sites is 1. The maximum atomic E-state index is 12.2. The van der Waals surface area contributed by atoms with Crippen molar-refractivity contribution in [2.75, 3.05) is 12.4 Å². The van der Waals surface area contributed by atoms with Crippen LogP contribution < -0.4 is 10.1 Å². The van der Waals surface area contributed by atoms with E-state index >= 15 is 0 Å². The molecule has 3 rings (SSSR count). The molecule has 2 aromatic carbocycles. The summed E-state index contributed by atoms with van der Waals surface area (Å²) >= 11 is 0. The third-order valence-electron chi connectivity index (χ3n) is 3.93. The standard InChI is InChI=1S/C19H19NO2/c1-12(2)13-8-9-18(22-3)14(10-13)11-16-15-6-4-5-7-17(15)20-19(16)21/h4-12H,1-3H3,(H,20,21)/b16-11+. The lowest BCUT2D eigenvalue weighted by Crippen LogP contribution is -2.03. The fraction of sp³-hybridized carbons (Fsp3) is 0.211. The second kappa shape index (κ2) is 5.68. The second-order valence-electron chi connectivity index (χ2n) is 5.71. The Balaban J connectivity index is 2.12. The zero-order valence-corrected chi connectivity index (χ0v) is 13.0. The molecule has 1 amide bonds. The first-order chi connectivity index (χ1) is 10.6. The molecule has 0 saturated heterocycles. The lowest BCUT2D eigenvalue weighted by atomic mass is 9.98. The molecule has 0 bridgehead atoms. The van der Waals surface area contributed by atoms with Crippen molar-refractivity contribution in [3.05, 3.63) is 59.2 Å². The van der Waals surface area contributed by atoms with Crippen molar-refractivity contribution in [3.8, 4) is 5.75 Å². The van der Waals surface area contributed by atoms with E-state index in [1.807, 2.05) is 36.4 Å². The van der Waals surface area contributed by atoms with Gasteiger partial charge in [0.05, 0.1) is 7.11 Å². The minimum atomic E-state index is -0.0711. The van der Waals surface area contributed by atoms with E-state index in [4.69, 9.17) is 4.74 Å². The van der Waals surface area contributed by atoms with Crippen LogP contribution in [0, 0.1) is 0 Å². The van der Waals surface area contributed by atoms with Gasteiger partial charge in [0.15, 0.2) is 0 Å². The van der Waals surface area contributed by atoms with Crippen molar-refractivity contribution in [3.63, 3.8) is 0 Å². The first kappa shape index (κ1) is 14.4. The molecule has 0 saturated carbocycles. The maximum Gasteiger partial charge on any atom is 0.256 e. The van der Waals surface area contributed by atoms with Gasteiger partial charge in [-0.3, -0.25) is 4.79 Å². The summed E-state index contributed by atoms with van der Waals surface area (Å²) in [6.07, 6.45) is 1.91. The van der Waals surface area contributed by atoms with Crippen molar-refractivity contribution in [1.29, 1.82) is 0 Å². The molecule has 1 aliphatic rings. The third kappa shape index (κ3) is 2.50. The number of nitrogens with one attached hydrogen (secondary N) is 1. The van der Waals surface area contributed by atoms with Crippen molar-refractivity contribution in [2.24, 2.45) is 0 Å². The Bertz CT molecular complexity index is 760. The van der Waals surface area contributed by atoms with E-state index in [0.717, 1.165) is 22.6 Å². The number of methoxy groups -OCH3 is 1. The first-order valence-electron chi connectivity index (χ1n) is 7.40. The van der Waals surface area contributed by atoms with Gasteiger partial charge < -0.3 is 10.1 Å². The first-order valence-corrected chi connectivity index (χ1v) is 7.40. The third-order valence-corrected chi connectivity index (χ3v) is 3.93. The van der Waals surface area contributed by atoms with Crippen molar-refractivity contribution in [2.45, 2.75) is 19.8 Å². The van der Waals surface area contributed by atoms with E-state index < -0.39 is 0 Å². The summed E-state index contributed by atoms with van der Waals surface area (Å²) in [7, 11) is 1.65. The van der Waals surface area contributed by atoms with E-state index in [9.17, 15) is 4.79 Å². The lowest BCUT2D eigenvalue weighted by molar-refractivity contribution is -0.110. The summed E-state index contributed by atoms with van der Waals surface area (Å²) in [5.74, 6) is 1.13. The maximum absolute atomic E-state index is 12.2. The molecule has 1 aliphatic heterocycles. The van der Waals surface area contributed by atoms with Crippen LogP contribution >= 0.6 is 0 Å². The summed E-state index contributed by atoms with van der Waals surface area (Å²) in [6, 6.07) is 13.8. The highest BCUT2D eigenvalue weighted by atomic mass is 16.5. The zero-order valence-electron chi connectivity index (χ0n) is 13.0. The fourth-order valence-electron chi connectivity index (χ4n) is 2.66. The van der Waals surface area contributed by atoms with Crippen LogP contribution in [0.4, 0.5) is 5.69 Å². The highest BCUT2D eigenvalue weighted by Gasteiger charge is 2.23. The van der Waals surface area contributed by atoms with Gasteiger partial charge in [0.2, 0.25) is 0 Å². The molecular weight excluding hydrogens is 274 g/mol. The molecule has 0 spiro atoms. The van der Waals surface area contributed by atoms with Gasteiger partial charge in [-0.25, -0.2) is 0 Å². The molecule has 1 N–H and O–H groups in total. The van der Waals surface area contributed by atoms with Crippen molar-refractivity contribution in [1.82, 2.24) is 0 Å². The molecule has 3 heteroatoms. The number of amides is 1. The number of anilines is 1. The van der Waals surface area contributed by atoms with Gasteiger partial charge >= 0.3 is 0 Å². The molecule has 0 atom stereocenters. The molecule has 0 unspecified atom stereocenters. The van der Waals surface area contributed by atoms with Gasteiger partial charge in [0.25, 0.3) is 5.91 Å². The van der Waals surface area contributed by atoms with Gasteiger partial charge in [-0.2, -0.15) is 0 Å². The number of benzene rings is 2. The monoisotopic (exact) mass is 293 g/mol. The van der Waals surface area contributed by atoms with Crippen LogP contribution in [0.5, 0.6) is 5.75 Å². The smallest absolute Gasteiger partial charge is 0.256 e. The summed E-state index contributed by atoms with van der Waals surface area (Å²) in [4.78, 5) is 12.2. The molecule has 0 radical (unpaired) electrons. The van der Waals surface area contributed by atoms with Crippen LogP contribution in [0.25, 0.3) is 11.6 Å². The Morgan fingerprint density at radius 3 is 2.64 bits per heavy atom. The second-order valence-corrected chi connectivity index (χ2v) is 5.71. The summed E-state index contributed by atoms with van der Waals surface area (Å²) in [6.45, 7) is 4.30. The molecular formula is C19H19NO2. The molecule has 1 heterocycles. The number of rotatable bonds is 3. The Hall–Kier alpha value is -2.55. The topological polar surface area (TPSA) is 38.3 Å². The summed E-state index contributed by atoms with van der Waals surface area (Å²) in [5, 5.41) is 2.89. The largest absolute Gasteiger partial charge is 0.496 e. The summed E-state index contributed by atoms with van der Waals surface area (Å²) < 4.78 is 5.44. The number of hydrogen-bond donors (Lipinski definition) is 1. The fourth-order valence-corrected chi connectivity index (χ4v) is 2.66. The van der Waals surface area contributed by atoms with Crippen LogP contribution in [0.1, 0.15) is 36.5 Å². The molecule has 0 aromatic heterocycles. The normalized spacial score (nSPS) is 15.1. The van der Waals surface area contributed by atoms with Crippen LogP contribution in [0.2, 0.25) is 0 Å². The van der Waals surface area contributed by atoms with E-state index in [1.54, 1.807) is 7.11 Å². The van der Waals surface area contributed by atoms with Crippen LogP contribution in [-0.4, -0.2) is 13.0 Å².